The lowest BCUT2D eigenvalue weighted by atomic mass is 9.96. The molecule has 68 heavy (non-hydrogen) atoms. The Hall–Kier alpha value is -8.52. The first-order chi connectivity index (χ1) is 33.0. The molecule has 3 aromatic carbocycles. The summed E-state index contributed by atoms with van der Waals surface area (Å²) in [5, 5.41) is 10.1. The van der Waals surface area contributed by atoms with E-state index < -0.39 is 17.7 Å². The maximum absolute atomic E-state index is 15.6. The zero-order chi connectivity index (χ0) is 46.8. The summed E-state index contributed by atoms with van der Waals surface area (Å²) in [6, 6.07) is 34.6. The number of rotatable bonds is 12. The Morgan fingerprint density at radius 2 is 1.12 bits per heavy atom. The fourth-order valence-electron chi connectivity index (χ4n) is 8.20. The van der Waals surface area contributed by atoms with E-state index >= 15 is 4.39 Å². The third-order valence-electron chi connectivity index (χ3n) is 11.5. The van der Waals surface area contributed by atoms with Crippen molar-refractivity contribution in [3.05, 3.63) is 210 Å². The Kier molecular flexibility index (Phi) is 11.7. The van der Waals surface area contributed by atoms with Crippen molar-refractivity contribution in [3.63, 3.8) is 0 Å². The van der Waals surface area contributed by atoms with Gasteiger partial charge in [0.1, 0.15) is 29.0 Å². The fraction of sp³-hybridized carbons (Fsp3) is 0.0926. The highest BCUT2D eigenvalue weighted by atomic mass is 19.4. The van der Waals surface area contributed by atoms with Gasteiger partial charge in [0.15, 0.2) is 0 Å². The molecule has 0 atom stereocenters. The molecule has 0 aliphatic rings. The van der Waals surface area contributed by atoms with Crippen molar-refractivity contribution in [2.24, 2.45) is 0 Å². The van der Waals surface area contributed by atoms with Gasteiger partial charge in [-0.05, 0) is 142 Å². The Morgan fingerprint density at radius 3 is 1.81 bits per heavy atom. The van der Waals surface area contributed by atoms with Crippen LogP contribution in [0.2, 0.25) is 0 Å². The first-order valence-corrected chi connectivity index (χ1v) is 21.6. The van der Waals surface area contributed by atoms with Crippen LogP contribution in [0.4, 0.5) is 33.6 Å². The molecule has 334 valence electrons. The van der Waals surface area contributed by atoms with E-state index in [1.54, 1.807) is 55.2 Å². The van der Waals surface area contributed by atoms with E-state index in [1.165, 1.54) is 24.3 Å². The molecule has 0 fully saturated rings. The normalized spacial score (nSPS) is 11.6. The van der Waals surface area contributed by atoms with Crippen molar-refractivity contribution in [2.75, 3.05) is 10.6 Å². The lowest BCUT2D eigenvalue weighted by Gasteiger charge is -2.14. The SMILES string of the molecule is Cc1cc(-c2ncc(CNc3nccc4cc(-c5cccc(F)c5)ncc34)cc2Cc2cc(F)cc(-c3cc4ccnc(NCc5ccc(-c6ccnc(C(F)(F)F)c6)cc5)c4cn3)c2)ccn1. The summed E-state index contributed by atoms with van der Waals surface area (Å²) in [7, 11) is 0. The minimum Gasteiger partial charge on any atom is -0.365 e. The number of fused-ring (bicyclic) bond motifs is 2. The molecule has 2 N–H and O–H groups in total. The number of nitrogens with one attached hydrogen (secondary N) is 2. The summed E-state index contributed by atoms with van der Waals surface area (Å²) in [5.74, 6) is 0.493. The minimum atomic E-state index is -4.53. The van der Waals surface area contributed by atoms with Gasteiger partial charge in [-0.15, -0.1) is 0 Å². The molecule has 14 heteroatoms. The maximum Gasteiger partial charge on any atom is 0.433 e. The molecule has 0 aliphatic heterocycles. The topological polar surface area (TPSA) is 114 Å². The molecular weight excluding hydrogens is 870 g/mol. The van der Waals surface area contributed by atoms with Crippen LogP contribution in [0.25, 0.3) is 66.4 Å². The van der Waals surface area contributed by atoms with Gasteiger partial charge in [0.2, 0.25) is 0 Å². The van der Waals surface area contributed by atoms with Crippen LogP contribution < -0.4 is 10.6 Å². The van der Waals surface area contributed by atoms with Gasteiger partial charge in [-0.25, -0.2) is 18.7 Å². The van der Waals surface area contributed by atoms with Crippen LogP contribution in [0.3, 0.4) is 0 Å². The largest absolute Gasteiger partial charge is 0.433 e. The molecule has 10 aromatic rings. The smallest absolute Gasteiger partial charge is 0.365 e. The van der Waals surface area contributed by atoms with Gasteiger partial charge in [0.05, 0.1) is 17.1 Å². The van der Waals surface area contributed by atoms with Crippen LogP contribution in [-0.2, 0) is 25.7 Å². The molecule has 7 aromatic heterocycles. The molecule has 0 saturated heterocycles. The lowest BCUT2D eigenvalue weighted by molar-refractivity contribution is -0.141. The Morgan fingerprint density at radius 1 is 0.471 bits per heavy atom. The number of halogens is 5. The van der Waals surface area contributed by atoms with E-state index in [2.05, 4.69) is 41.6 Å². The summed E-state index contributed by atoms with van der Waals surface area (Å²) in [5.41, 5.74) is 8.50. The zero-order valence-electron chi connectivity index (χ0n) is 36.2. The van der Waals surface area contributed by atoms with Gasteiger partial charge >= 0.3 is 6.18 Å². The third kappa shape index (κ3) is 9.56. The highest BCUT2D eigenvalue weighted by Crippen LogP contribution is 2.33. The van der Waals surface area contributed by atoms with Crippen LogP contribution >= 0.6 is 0 Å². The first kappa shape index (κ1) is 43.4. The van der Waals surface area contributed by atoms with Gasteiger partial charge in [-0.3, -0.25) is 24.9 Å². The number of hydrogen-bond donors (Lipinski definition) is 2. The van der Waals surface area contributed by atoms with Crippen LogP contribution in [0.5, 0.6) is 0 Å². The summed E-state index contributed by atoms with van der Waals surface area (Å²) in [6.07, 6.45) is 7.41. The van der Waals surface area contributed by atoms with Gasteiger partial charge in [0.25, 0.3) is 0 Å². The van der Waals surface area contributed by atoms with E-state index in [1.807, 2.05) is 73.8 Å². The second-order valence-corrected chi connectivity index (χ2v) is 16.3. The van der Waals surface area contributed by atoms with E-state index in [9.17, 15) is 17.6 Å². The Labute approximate surface area is 386 Å². The lowest BCUT2D eigenvalue weighted by Crippen LogP contribution is -2.07. The zero-order valence-corrected chi connectivity index (χ0v) is 36.2. The fourth-order valence-corrected chi connectivity index (χ4v) is 8.20. The van der Waals surface area contributed by atoms with Crippen LogP contribution in [-0.4, -0.2) is 34.9 Å². The summed E-state index contributed by atoms with van der Waals surface area (Å²) in [4.78, 5) is 31.3. The first-order valence-electron chi connectivity index (χ1n) is 21.6. The van der Waals surface area contributed by atoms with Crippen molar-refractivity contribution in [2.45, 2.75) is 32.6 Å². The van der Waals surface area contributed by atoms with Crippen molar-refractivity contribution in [1.29, 1.82) is 0 Å². The third-order valence-corrected chi connectivity index (χ3v) is 11.5. The monoisotopic (exact) mass is 907 g/mol. The second kappa shape index (κ2) is 18.4. The van der Waals surface area contributed by atoms with Crippen LogP contribution in [0, 0.1) is 18.6 Å². The number of anilines is 2. The minimum absolute atomic E-state index is 0.330. The highest BCUT2D eigenvalue weighted by Gasteiger charge is 2.32. The van der Waals surface area contributed by atoms with Crippen molar-refractivity contribution >= 4 is 33.2 Å². The maximum atomic E-state index is 15.6. The molecule has 0 saturated carbocycles. The predicted octanol–water partition coefficient (Wildman–Crippen LogP) is 12.8. The number of hydrogen-bond acceptors (Lipinski definition) is 9. The second-order valence-electron chi connectivity index (χ2n) is 16.3. The van der Waals surface area contributed by atoms with Crippen molar-refractivity contribution in [3.8, 4) is 44.9 Å². The number of aromatic nitrogens is 7. The molecule has 7 heterocycles. The average Bonchev–Trinajstić information content (AvgIpc) is 3.34. The van der Waals surface area contributed by atoms with E-state index in [0.717, 1.165) is 73.0 Å². The van der Waals surface area contributed by atoms with Gasteiger partial charge < -0.3 is 10.6 Å². The Bertz CT molecular complexity index is 3490. The molecule has 0 unspecified atom stereocenters. The number of benzene rings is 3. The number of alkyl halides is 3. The summed E-state index contributed by atoms with van der Waals surface area (Å²) >= 11 is 0. The van der Waals surface area contributed by atoms with E-state index in [0.29, 0.717) is 64.8 Å². The summed E-state index contributed by atoms with van der Waals surface area (Å²) in [6.45, 7) is 2.71. The molecule has 0 aliphatic carbocycles. The molecule has 0 spiro atoms. The van der Waals surface area contributed by atoms with Crippen molar-refractivity contribution in [1.82, 2.24) is 34.9 Å². The summed E-state index contributed by atoms with van der Waals surface area (Å²) < 4.78 is 69.3. The molecule has 10 rings (SSSR count). The Balaban J connectivity index is 0.881. The quantitative estimate of drug-likeness (QED) is 0.116. The van der Waals surface area contributed by atoms with E-state index in [4.69, 9.17) is 9.97 Å². The number of pyridine rings is 7. The molecular formula is C54H38F5N9. The van der Waals surface area contributed by atoms with Crippen molar-refractivity contribution < 1.29 is 22.0 Å². The molecule has 0 bridgehead atoms. The number of aryl methyl sites for hydroxylation is 1. The van der Waals surface area contributed by atoms with Gasteiger partial charge in [-0.1, -0.05) is 36.4 Å². The number of nitrogens with zero attached hydrogens (tertiary/aromatic N) is 7. The van der Waals surface area contributed by atoms with Crippen LogP contribution in [0.15, 0.2) is 165 Å². The standard InChI is InChI=1S/C54H38F5N9/c1-32-17-41(12-13-60-32)51-43(20-35(28-66-51)29-68-53-46-30-64-48(24-38(46)10-15-63-53)40-3-2-4-44(55)22-40)19-34-18-42(23-45(56)21-34)49-25-39-11-16-62-52(47(39)31-65-49)67-27-33-5-7-36(8-6-33)37-9-14-61-50(26-37)54(57,58)59/h2-18,20-26,28,30-31H,19,27,29H2,1H3,(H,62,67)(H,63,68). The van der Waals surface area contributed by atoms with Crippen LogP contribution in [0.1, 0.15) is 33.6 Å². The molecule has 0 radical (unpaired) electrons. The molecule has 0 amide bonds. The average molecular weight is 908 g/mol. The van der Waals surface area contributed by atoms with Gasteiger partial charge in [-0.2, -0.15) is 13.2 Å². The molecule has 9 nitrogen and oxygen atoms in total. The van der Waals surface area contributed by atoms with E-state index in [-0.39, 0.29) is 5.82 Å². The van der Waals surface area contributed by atoms with Gasteiger partial charge in [0, 0.05) is 89.6 Å². The highest BCUT2D eigenvalue weighted by molar-refractivity contribution is 5.94. The predicted molar refractivity (Wildman–Crippen MR) is 254 cm³/mol.